The summed E-state index contributed by atoms with van der Waals surface area (Å²) in [6.45, 7) is 1.41. The number of carboxylic acids is 1. The quantitative estimate of drug-likeness (QED) is 0.508. The number of esters is 1. The number of hydrogen-bond acceptors (Lipinski definition) is 4. The molecular weight excluding hydrogens is 214 g/mol. The molecule has 16 heavy (non-hydrogen) atoms. The van der Waals surface area contributed by atoms with E-state index in [1.54, 1.807) is 6.92 Å². The summed E-state index contributed by atoms with van der Waals surface area (Å²) in [4.78, 5) is 33.6. The highest BCUT2D eigenvalue weighted by Gasteiger charge is 2.52. The molecule has 1 amide bonds. The lowest BCUT2D eigenvalue weighted by Crippen LogP contribution is -2.52. The van der Waals surface area contributed by atoms with Crippen molar-refractivity contribution in [3.8, 4) is 0 Å². The third-order valence-electron chi connectivity index (χ3n) is 2.71. The van der Waals surface area contributed by atoms with Crippen LogP contribution in [0.1, 0.15) is 26.2 Å². The maximum atomic E-state index is 11.7. The van der Waals surface area contributed by atoms with Crippen LogP contribution in [0.4, 0.5) is 0 Å². The Morgan fingerprint density at radius 3 is 2.38 bits per heavy atom. The topological polar surface area (TPSA) is 92.7 Å². The molecule has 0 radical (unpaired) electrons. The van der Waals surface area contributed by atoms with Crippen molar-refractivity contribution in [2.24, 2.45) is 5.41 Å². The van der Waals surface area contributed by atoms with Crippen LogP contribution in [-0.4, -0.2) is 36.1 Å². The number of carbonyl (C=O) groups is 3. The van der Waals surface area contributed by atoms with Crippen LogP contribution in [0.25, 0.3) is 0 Å². The first-order chi connectivity index (χ1) is 7.53. The lowest BCUT2D eigenvalue weighted by atomic mass is 9.68. The minimum absolute atomic E-state index is 0.215. The van der Waals surface area contributed by atoms with Crippen LogP contribution in [0.2, 0.25) is 0 Å². The highest BCUT2D eigenvalue weighted by atomic mass is 16.5. The Morgan fingerprint density at radius 2 is 2.00 bits per heavy atom. The van der Waals surface area contributed by atoms with Crippen molar-refractivity contribution in [1.82, 2.24) is 5.32 Å². The molecule has 1 aliphatic carbocycles. The predicted molar refractivity (Wildman–Crippen MR) is 53.6 cm³/mol. The van der Waals surface area contributed by atoms with Crippen molar-refractivity contribution in [3.63, 3.8) is 0 Å². The zero-order valence-corrected chi connectivity index (χ0v) is 9.12. The molecule has 6 heteroatoms. The Labute approximate surface area is 93.0 Å². The molecule has 0 aliphatic heterocycles. The molecule has 0 aromatic carbocycles. The van der Waals surface area contributed by atoms with Crippen molar-refractivity contribution >= 4 is 17.8 Å². The fourth-order valence-corrected chi connectivity index (χ4v) is 1.65. The van der Waals surface area contributed by atoms with Gasteiger partial charge in [0.05, 0.1) is 6.61 Å². The number of carboxylic acid groups (broad SMARTS) is 1. The Balaban J connectivity index is 2.61. The van der Waals surface area contributed by atoms with E-state index in [2.05, 4.69) is 5.32 Å². The van der Waals surface area contributed by atoms with Crippen LogP contribution in [0, 0.1) is 5.41 Å². The van der Waals surface area contributed by atoms with E-state index >= 15 is 0 Å². The van der Waals surface area contributed by atoms with Crippen LogP contribution in [-0.2, 0) is 19.1 Å². The van der Waals surface area contributed by atoms with Crippen LogP contribution in [0.15, 0.2) is 0 Å². The third kappa shape index (κ3) is 2.32. The largest absolute Gasteiger partial charge is 0.480 e. The molecule has 1 aliphatic rings. The van der Waals surface area contributed by atoms with E-state index in [1.807, 2.05) is 0 Å². The lowest BCUT2D eigenvalue weighted by molar-refractivity contribution is -0.167. The molecule has 0 saturated heterocycles. The van der Waals surface area contributed by atoms with Gasteiger partial charge in [0.25, 0.3) is 0 Å². The van der Waals surface area contributed by atoms with Crippen LogP contribution < -0.4 is 5.32 Å². The molecule has 0 aromatic heterocycles. The highest BCUT2D eigenvalue weighted by molar-refractivity contribution is 6.04. The zero-order chi connectivity index (χ0) is 12.2. The predicted octanol–water partition coefficient (Wildman–Crippen LogP) is -0.0794. The summed E-state index contributed by atoms with van der Waals surface area (Å²) in [6.07, 6.45) is 1.63. The number of ether oxygens (including phenoxy) is 1. The fraction of sp³-hybridized carbons (Fsp3) is 0.700. The van der Waals surface area contributed by atoms with Crippen LogP contribution >= 0.6 is 0 Å². The lowest BCUT2D eigenvalue weighted by Gasteiger charge is -2.37. The third-order valence-corrected chi connectivity index (χ3v) is 2.71. The van der Waals surface area contributed by atoms with Crippen molar-refractivity contribution in [1.29, 1.82) is 0 Å². The fourth-order valence-electron chi connectivity index (χ4n) is 1.65. The molecule has 0 bridgehead atoms. The van der Waals surface area contributed by atoms with E-state index < -0.39 is 29.8 Å². The summed E-state index contributed by atoms with van der Waals surface area (Å²) in [5, 5.41) is 10.7. The Kier molecular flexibility index (Phi) is 3.87. The van der Waals surface area contributed by atoms with E-state index in [1.165, 1.54) is 0 Å². The van der Waals surface area contributed by atoms with Gasteiger partial charge in [0, 0.05) is 0 Å². The Hall–Kier alpha value is -1.59. The van der Waals surface area contributed by atoms with Gasteiger partial charge in [0.1, 0.15) is 12.0 Å². The molecule has 0 unspecified atom stereocenters. The van der Waals surface area contributed by atoms with Crippen LogP contribution in [0.3, 0.4) is 0 Å². The Morgan fingerprint density at radius 1 is 1.38 bits per heavy atom. The number of rotatable bonds is 5. The standard InChI is InChI=1S/C10H15NO5/c1-2-16-9(15)10(4-3-5-10)8(14)11-6-7(12)13/h2-6H2,1H3,(H,11,14)(H,12,13). The number of aliphatic carboxylic acids is 1. The van der Waals surface area contributed by atoms with Crippen molar-refractivity contribution in [2.45, 2.75) is 26.2 Å². The molecule has 1 saturated carbocycles. The van der Waals surface area contributed by atoms with Gasteiger partial charge in [-0.3, -0.25) is 14.4 Å². The zero-order valence-electron chi connectivity index (χ0n) is 9.12. The van der Waals surface area contributed by atoms with E-state index in [0.717, 1.165) is 6.42 Å². The SMILES string of the molecule is CCOC(=O)C1(C(=O)NCC(=O)O)CCC1. The van der Waals surface area contributed by atoms with Crippen LogP contribution in [0.5, 0.6) is 0 Å². The number of hydrogen-bond donors (Lipinski definition) is 2. The minimum atomic E-state index is -1.15. The van der Waals surface area contributed by atoms with Gasteiger partial charge >= 0.3 is 11.9 Å². The van der Waals surface area contributed by atoms with Crippen molar-refractivity contribution < 1.29 is 24.2 Å². The maximum Gasteiger partial charge on any atom is 0.322 e. The molecule has 0 atom stereocenters. The molecular formula is C10H15NO5. The van der Waals surface area contributed by atoms with E-state index in [0.29, 0.717) is 12.8 Å². The summed E-state index contributed by atoms with van der Waals surface area (Å²) >= 11 is 0. The van der Waals surface area contributed by atoms with E-state index in [-0.39, 0.29) is 6.61 Å². The monoisotopic (exact) mass is 229 g/mol. The van der Waals surface area contributed by atoms with Gasteiger partial charge in [-0.1, -0.05) is 6.42 Å². The first-order valence-corrected chi connectivity index (χ1v) is 5.20. The maximum absolute atomic E-state index is 11.7. The summed E-state index contributed by atoms with van der Waals surface area (Å²) < 4.78 is 4.83. The summed E-state index contributed by atoms with van der Waals surface area (Å²) in [5.74, 6) is -2.23. The smallest absolute Gasteiger partial charge is 0.322 e. The van der Waals surface area contributed by atoms with E-state index in [4.69, 9.17) is 9.84 Å². The molecule has 6 nitrogen and oxygen atoms in total. The number of amides is 1. The molecule has 2 N–H and O–H groups in total. The second-order valence-electron chi connectivity index (χ2n) is 3.73. The Bertz CT molecular complexity index is 308. The molecule has 0 spiro atoms. The highest BCUT2D eigenvalue weighted by Crippen LogP contribution is 2.42. The van der Waals surface area contributed by atoms with Gasteiger partial charge in [0.15, 0.2) is 0 Å². The first kappa shape index (κ1) is 12.5. The molecule has 1 rings (SSSR count). The number of carbonyl (C=O) groups excluding carboxylic acids is 2. The summed E-state index contributed by atoms with van der Waals surface area (Å²) in [7, 11) is 0. The van der Waals surface area contributed by atoms with Gasteiger partial charge in [-0.15, -0.1) is 0 Å². The second kappa shape index (κ2) is 4.96. The summed E-state index contributed by atoms with van der Waals surface area (Å²) in [5.41, 5.74) is -1.15. The normalized spacial score (nSPS) is 17.1. The average Bonchev–Trinajstić information content (AvgIpc) is 2.13. The van der Waals surface area contributed by atoms with Crippen molar-refractivity contribution in [2.75, 3.05) is 13.2 Å². The second-order valence-corrected chi connectivity index (χ2v) is 3.73. The molecule has 90 valence electrons. The van der Waals surface area contributed by atoms with Gasteiger partial charge < -0.3 is 15.2 Å². The van der Waals surface area contributed by atoms with Gasteiger partial charge in [-0.05, 0) is 19.8 Å². The molecule has 0 aromatic rings. The van der Waals surface area contributed by atoms with Gasteiger partial charge in [-0.25, -0.2) is 0 Å². The molecule has 1 fully saturated rings. The minimum Gasteiger partial charge on any atom is -0.480 e. The van der Waals surface area contributed by atoms with E-state index in [9.17, 15) is 14.4 Å². The number of nitrogens with one attached hydrogen (secondary N) is 1. The van der Waals surface area contributed by atoms with Gasteiger partial charge in [-0.2, -0.15) is 0 Å². The summed E-state index contributed by atoms with van der Waals surface area (Å²) in [6, 6.07) is 0. The van der Waals surface area contributed by atoms with Crippen molar-refractivity contribution in [3.05, 3.63) is 0 Å². The first-order valence-electron chi connectivity index (χ1n) is 5.20. The van der Waals surface area contributed by atoms with Gasteiger partial charge in [0.2, 0.25) is 5.91 Å². The average molecular weight is 229 g/mol. The molecule has 0 heterocycles.